The van der Waals surface area contributed by atoms with Crippen molar-refractivity contribution in [1.29, 1.82) is 0 Å². The molecule has 0 saturated heterocycles. The summed E-state index contributed by atoms with van der Waals surface area (Å²) in [4.78, 5) is 4.26. The summed E-state index contributed by atoms with van der Waals surface area (Å²) in [6.45, 7) is 2.03. The maximum Gasteiger partial charge on any atom is 0.132 e. The Morgan fingerprint density at radius 1 is 1.11 bits per heavy atom. The minimum Gasteiger partial charge on any atom is -0.380 e. The largest absolute Gasteiger partial charge is 0.380 e. The van der Waals surface area contributed by atoms with E-state index in [1.165, 1.54) is 32.1 Å². The van der Waals surface area contributed by atoms with Crippen LogP contribution in [-0.2, 0) is 0 Å². The van der Waals surface area contributed by atoms with Crippen LogP contribution in [0.1, 0.15) is 37.7 Å². The molecule has 4 aliphatic carbocycles. The summed E-state index contributed by atoms with van der Waals surface area (Å²) in [6, 6.07) is 2.82. The van der Waals surface area contributed by atoms with E-state index in [0.29, 0.717) is 11.2 Å². The zero-order valence-electron chi connectivity index (χ0n) is 11.4. The fourth-order valence-corrected chi connectivity index (χ4v) is 5.09. The molecule has 2 nitrogen and oxygen atoms in total. The van der Waals surface area contributed by atoms with E-state index >= 15 is 0 Å². The highest BCUT2D eigenvalue weighted by atomic mass is 35.5. The van der Waals surface area contributed by atoms with Crippen molar-refractivity contribution in [3.05, 3.63) is 23.0 Å². The van der Waals surface area contributed by atoms with Crippen molar-refractivity contribution in [2.45, 2.75) is 45.1 Å². The van der Waals surface area contributed by atoms with Crippen LogP contribution in [-0.4, -0.2) is 11.0 Å². The number of anilines is 1. The van der Waals surface area contributed by atoms with Crippen LogP contribution in [0.25, 0.3) is 0 Å². The summed E-state index contributed by atoms with van der Waals surface area (Å²) in [7, 11) is 0. The molecule has 0 amide bonds. The molecule has 1 aromatic heterocycles. The fraction of sp³-hybridized carbons (Fsp3) is 0.688. The van der Waals surface area contributed by atoms with Crippen LogP contribution < -0.4 is 5.32 Å². The predicted molar refractivity (Wildman–Crippen MR) is 78.4 cm³/mol. The van der Waals surface area contributed by atoms with Crippen molar-refractivity contribution in [2.75, 3.05) is 5.32 Å². The SMILES string of the molecule is Cc1cc(NC2C3CC4CC(C3)CC2C4)cnc1Cl. The van der Waals surface area contributed by atoms with Gasteiger partial charge in [0, 0.05) is 6.04 Å². The summed E-state index contributed by atoms with van der Waals surface area (Å²) < 4.78 is 0. The average Bonchev–Trinajstić information content (AvgIpc) is 2.37. The number of hydrogen-bond acceptors (Lipinski definition) is 2. The van der Waals surface area contributed by atoms with Gasteiger partial charge in [0.05, 0.1) is 11.9 Å². The van der Waals surface area contributed by atoms with Gasteiger partial charge in [-0.2, -0.15) is 0 Å². The van der Waals surface area contributed by atoms with Crippen LogP contribution in [0.15, 0.2) is 12.3 Å². The van der Waals surface area contributed by atoms with Gasteiger partial charge in [0.1, 0.15) is 5.15 Å². The predicted octanol–water partition coefficient (Wildman–Crippen LogP) is 4.28. The highest BCUT2D eigenvalue weighted by molar-refractivity contribution is 6.30. The van der Waals surface area contributed by atoms with E-state index in [1.54, 1.807) is 0 Å². The van der Waals surface area contributed by atoms with E-state index in [0.717, 1.165) is 34.9 Å². The Morgan fingerprint density at radius 3 is 2.32 bits per heavy atom. The molecule has 4 saturated carbocycles. The van der Waals surface area contributed by atoms with Crippen molar-refractivity contribution < 1.29 is 0 Å². The number of nitrogens with one attached hydrogen (secondary N) is 1. The minimum absolute atomic E-state index is 0.621. The summed E-state index contributed by atoms with van der Waals surface area (Å²) in [5.74, 6) is 3.86. The smallest absolute Gasteiger partial charge is 0.132 e. The molecule has 4 aliphatic rings. The van der Waals surface area contributed by atoms with Gasteiger partial charge in [-0.15, -0.1) is 0 Å². The lowest BCUT2D eigenvalue weighted by Crippen LogP contribution is -2.51. The van der Waals surface area contributed by atoms with Crippen LogP contribution >= 0.6 is 11.6 Å². The van der Waals surface area contributed by atoms with Crippen LogP contribution in [0.2, 0.25) is 5.15 Å². The van der Waals surface area contributed by atoms with E-state index in [1.807, 2.05) is 13.1 Å². The summed E-state index contributed by atoms with van der Waals surface area (Å²) >= 11 is 6.01. The molecule has 0 aliphatic heterocycles. The zero-order chi connectivity index (χ0) is 13.0. The van der Waals surface area contributed by atoms with Gasteiger partial charge in [0.2, 0.25) is 0 Å². The van der Waals surface area contributed by atoms with Crippen molar-refractivity contribution in [1.82, 2.24) is 4.98 Å². The maximum absolute atomic E-state index is 6.01. The van der Waals surface area contributed by atoms with Crippen LogP contribution in [0.3, 0.4) is 0 Å². The third kappa shape index (κ3) is 2.05. The molecule has 1 N–H and O–H groups in total. The molecule has 19 heavy (non-hydrogen) atoms. The van der Waals surface area contributed by atoms with Crippen molar-refractivity contribution in [2.24, 2.45) is 23.7 Å². The van der Waals surface area contributed by atoms with E-state index in [9.17, 15) is 0 Å². The maximum atomic E-state index is 6.01. The van der Waals surface area contributed by atoms with E-state index in [4.69, 9.17) is 11.6 Å². The number of nitrogens with zero attached hydrogens (tertiary/aromatic N) is 1. The van der Waals surface area contributed by atoms with Gasteiger partial charge in [-0.3, -0.25) is 0 Å². The lowest BCUT2D eigenvalue weighted by molar-refractivity contribution is 0.00753. The normalized spacial score (nSPS) is 39.6. The van der Waals surface area contributed by atoms with Crippen LogP contribution in [0, 0.1) is 30.6 Å². The average molecular weight is 277 g/mol. The molecule has 1 heterocycles. The summed E-state index contributed by atoms with van der Waals surface area (Å²) in [6.07, 6.45) is 9.20. The second-order valence-electron chi connectivity index (χ2n) is 6.93. The first-order valence-corrected chi connectivity index (χ1v) is 7.95. The molecule has 4 fully saturated rings. The Hall–Kier alpha value is -0.760. The van der Waals surface area contributed by atoms with Gasteiger partial charge in [0.15, 0.2) is 0 Å². The van der Waals surface area contributed by atoms with Crippen LogP contribution in [0.5, 0.6) is 0 Å². The number of aromatic nitrogens is 1. The van der Waals surface area contributed by atoms with Gasteiger partial charge in [-0.05, 0) is 74.3 Å². The molecular formula is C16H21ClN2. The fourth-order valence-electron chi connectivity index (χ4n) is 4.99. The van der Waals surface area contributed by atoms with Crippen molar-refractivity contribution in [3.63, 3.8) is 0 Å². The molecule has 4 bridgehead atoms. The zero-order valence-corrected chi connectivity index (χ0v) is 12.2. The first-order valence-electron chi connectivity index (χ1n) is 7.57. The Bertz CT molecular complexity index is 472. The highest BCUT2D eigenvalue weighted by Crippen LogP contribution is 2.54. The molecular weight excluding hydrogens is 256 g/mol. The van der Waals surface area contributed by atoms with Gasteiger partial charge in [-0.25, -0.2) is 4.98 Å². The monoisotopic (exact) mass is 276 g/mol. The minimum atomic E-state index is 0.621. The van der Waals surface area contributed by atoms with Gasteiger partial charge >= 0.3 is 0 Å². The molecule has 102 valence electrons. The lowest BCUT2D eigenvalue weighted by atomic mass is 9.54. The van der Waals surface area contributed by atoms with Crippen LogP contribution in [0.4, 0.5) is 5.69 Å². The van der Waals surface area contributed by atoms with Gasteiger partial charge < -0.3 is 5.32 Å². The molecule has 1 aromatic rings. The number of aryl methyl sites for hydroxylation is 1. The van der Waals surface area contributed by atoms with E-state index < -0.39 is 0 Å². The Balaban J connectivity index is 1.55. The Kier molecular flexibility index (Phi) is 2.77. The lowest BCUT2D eigenvalue weighted by Gasteiger charge is -2.54. The standard InChI is InChI=1S/C16H21ClN2/c1-9-2-14(8-18-16(9)17)19-15-12-4-10-3-11(6-12)7-13(15)5-10/h2,8,10-13,15,19H,3-7H2,1H3. The molecule has 0 atom stereocenters. The topological polar surface area (TPSA) is 24.9 Å². The molecule has 0 unspecified atom stereocenters. The number of hydrogen-bond donors (Lipinski definition) is 1. The van der Waals surface area contributed by atoms with E-state index in [-0.39, 0.29) is 0 Å². The number of halogens is 1. The first kappa shape index (κ1) is 12.0. The second kappa shape index (κ2) is 4.37. The first-order chi connectivity index (χ1) is 9.19. The van der Waals surface area contributed by atoms with Gasteiger partial charge in [-0.1, -0.05) is 11.6 Å². The van der Waals surface area contributed by atoms with E-state index in [2.05, 4.69) is 16.4 Å². The van der Waals surface area contributed by atoms with Gasteiger partial charge in [0.25, 0.3) is 0 Å². The Labute approximate surface area is 120 Å². The molecule has 5 rings (SSSR count). The quantitative estimate of drug-likeness (QED) is 0.816. The molecule has 0 radical (unpaired) electrons. The van der Waals surface area contributed by atoms with Crippen molar-refractivity contribution in [3.8, 4) is 0 Å². The number of rotatable bonds is 2. The summed E-state index contributed by atoms with van der Waals surface area (Å²) in [5, 5.41) is 4.39. The molecule has 0 aromatic carbocycles. The highest BCUT2D eigenvalue weighted by Gasteiger charge is 2.48. The third-order valence-corrected chi connectivity index (χ3v) is 5.97. The third-order valence-electron chi connectivity index (χ3n) is 5.57. The molecule has 3 heteroatoms. The van der Waals surface area contributed by atoms with Crippen molar-refractivity contribution >= 4 is 17.3 Å². The molecule has 0 spiro atoms. The number of pyridine rings is 1. The Morgan fingerprint density at radius 2 is 1.74 bits per heavy atom. The summed E-state index contributed by atoms with van der Waals surface area (Å²) in [5.41, 5.74) is 2.22. The second-order valence-corrected chi connectivity index (χ2v) is 7.29.